The molecule has 2 heterocycles. The topological polar surface area (TPSA) is 49.9 Å². The van der Waals surface area contributed by atoms with Crippen LogP contribution in [0.5, 0.6) is 0 Å². The highest BCUT2D eigenvalue weighted by molar-refractivity contribution is 6.35. The first-order valence-electron chi connectivity index (χ1n) is 5.20. The zero-order valence-electron chi connectivity index (χ0n) is 9.15. The molecule has 2 rings (SSSR count). The van der Waals surface area contributed by atoms with Crippen molar-refractivity contribution in [2.45, 2.75) is 6.92 Å². The van der Waals surface area contributed by atoms with Crippen molar-refractivity contribution in [2.75, 3.05) is 39.9 Å². The van der Waals surface area contributed by atoms with Gasteiger partial charge in [0.25, 0.3) is 0 Å². The van der Waals surface area contributed by atoms with Gasteiger partial charge < -0.3 is 14.5 Å². The van der Waals surface area contributed by atoms with Crippen LogP contribution >= 0.6 is 0 Å². The van der Waals surface area contributed by atoms with Gasteiger partial charge in [-0.3, -0.25) is 9.59 Å². The van der Waals surface area contributed by atoms with Crippen molar-refractivity contribution < 1.29 is 14.3 Å². The fraction of sp³-hybridized carbons (Fsp3) is 0.800. The van der Waals surface area contributed by atoms with Crippen LogP contribution in [0.3, 0.4) is 0 Å². The van der Waals surface area contributed by atoms with Gasteiger partial charge in [0, 0.05) is 26.7 Å². The molecule has 2 aliphatic rings. The molecule has 0 aromatic heterocycles. The second kappa shape index (κ2) is 3.48. The zero-order chi connectivity index (χ0) is 11.1. The first-order chi connectivity index (χ1) is 7.08. The zero-order valence-corrected chi connectivity index (χ0v) is 9.15. The van der Waals surface area contributed by atoms with Gasteiger partial charge in [-0.25, -0.2) is 0 Å². The fourth-order valence-corrected chi connectivity index (χ4v) is 1.92. The third-order valence-corrected chi connectivity index (χ3v) is 3.16. The third-order valence-electron chi connectivity index (χ3n) is 3.16. The van der Waals surface area contributed by atoms with E-state index in [1.165, 1.54) is 4.90 Å². The van der Waals surface area contributed by atoms with Gasteiger partial charge in [0.05, 0.1) is 18.6 Å². The highest BCUT2D eigenvalue weighted by atomic mass is 16.5. The van der Waals surface area contributed by atoms with Crippen molar-refractivity contribution >= 4 is 11.8 Å². The number of ether oxygens (including phenoxy) is 1. The smallest absolute Gasteiger partial charge is 0.312 e. The Morgan fingerprint density at radius 1 is 1.40 bits per heavy atom. The highest BCUT2D eigenvalue weighted by Crippen LogP contribution is 2.37. The maximum absolute atomic E-state index is 11.6. The molecule has 0 bridgehead atoms. The maximum Gasteiger partial charge on any atom is 0.312 e. The summed E-state index contributed by atoms with van der Waals surface area (Å²) in [7, 11) is 1.64. The molecule has 0 unspecified atom stereocenters. The van der Waals surface area contributed by atoms with Crippen LogP contribution in [0.2, 0.25) is 0 Å². The van der Waals surface area contributed by atoms with Gasteiger partial charge in [0.2, 0.25) is 0 Å². The van der Waals surface area contributed by atoms with Crippen LogP contribution in [-0.2, 0) is 14.3 Å². The lowest BCUT2D eigenvalue weighted by atomic mass is 9.78. The monoisotopic (exact) mass is 212 g/mol. The van der Waals surface area contributed by atoms with Crippen molar-refractivity contribution in [3.05, 3.63) is 0 Å². The summed E-state index contributed by atoms with van der Waals surface area (Å²) >= 11 is 0. The van der Waals surface area contributed by atoms with Gasteiger partial charge in [-0.1, -0.05) is 0 Å². The SMILES string of the molecule is CCN(C)C(=O)C(=O)N1CC2(COC2)C1. The molecule has 0 aliphatic carbocycles. The summed E-state index contributed by atoms with van der Waals surface area (Å²) in [6, 6.07) is 0. The molecule has 2 aliphatic heterocycles. The average molecular weight is 212 g/mol. The summed E-state index contributed by atoms with van der Waals surface area (Å²) in [5.41, 5.74) is 0.181. The lowest BCUT2D eigenvalue weighted by molar-refractivity contribution is -0.197. The summed E-state index contributed by atoms with van der Waals surface area (Å²) in [4.78, 5) is 26.2. The Morgan fingerprint density at radius 2 is 2.00 bits per heavy atom. The van der Waals surface area contributed by atoms with Crippen molar-refractivity contribution in [1.29, 1.82) is 0 Å². The van der Waals surface area contributed by atoms with Crippen LogP contribution in [0, 0.1) is 5.41 Å². The predicted molar refractivity (Wildman–Crippen MR) is 53.1 cm³/mol. The quantitative estimate of drug-likeness (QED) is 0.541. The average Bonchev–Trinajstić information content (AvgIpc) is 2.10. The number of likely N-dealkylation sites (tertiary alicyclic amines) is 1. The predicted octanol–water partition coefficient (Wildman–Crippen LogP) is -0.676. The van der Waals surface area contributed by atoms with Gasteiger partial charge in [0.1, 0.15) is 0 Å². The molecule has 84 valence electrons. The number of rotatable bonds is 1. The number of carbonyl (C=O) groups excluding carboxylic acids is 2. The Kier molecular flexibility index (Phi) is 2.42. The summed E-state index contributed by atoms with van der Waals surface area (Å²) in [6.07, 6.45) is 0. The Balaban J connectivity index is 1.85. The molecule has 2 amide bonds. The van der Waals surface area contributed by atoms with Crippen molar-refractivity contribution in [3.63, 3.8) is 0 Å². The fourth-order valence-electron chi connectivity index (χ4n) is 1.92. The molecular formula is C10H16N2O3. The Hall–Kier alpha value is -1.10. The Morgan fingerprint density at radius 3 is 2.40 bits per heavy atom. The second-order valence-corrected chi connectivity index (χ2v) is 4.47. The summed E-state index contributed by atoms with van der Waals surface area (Å²) in [5.74, 6) is -0.788. The van der Waals surface area contributed by atoms with Gasteiger partial charge >= 0.3 is 11.8 Å². The van der Waals surface area contributed by atoms with Gasteiger partial charge in [0.15, 0.2) is 0 Å². The highest BCUT2D eigenvalue weighted by Gasteiger charge is 2.51. The van der Waals surface area contributed by atoms with E-state index in [4.69, 9.17) is 4.74 Å². The van der Waals surface area contributed by atoms with Gasteiger partial charge in [-0.15, -0.1) is 0 Å². The Labute approximate surface area is 89.0 Å². The molecule has 0 saturated carbocycles. The lowest BCUT2D eigenvalue weighted by Gasteiger charge is -2.54. The summed E-state index contributed by atoms with van der Waals surface area (Å²) < 4.78 is 5.10. The van der Waals surface area contributed by atoms with E-state index in [0.717, 1.165) is 13.2 Å². The van der Waals surface area contributed by atoms with E-state index in [1.807, 2.05) is 6.92 Å². The molecule has 5 heteroatoms. The molecule has 0 N–H and O–H groups in total. The molecular weight excluding hydrogens is 196 g/mol. The number of carbonyl (C=O) groups is 2. The molecule has 5 nitrogen and oxygen atoms in total. The van der Waals surface area contributed by atoms with Crippen LogP contribution in [-0.4, -0.2) is 61.5 Å². The van der Waals surface area contributed by atoms with Crippen LogP contribution in [0.25, 0.3) is 0 Å². The summed E-state index contributed by atoms with van der Waals surface area (Å²) in [5, 5.41) is 0. The number of hydrogen-bond acceptors (Lipinski definition) is 3. The first kappa shape index (κ1) is 10.4. The van der Waals surface area contributed by atoms with Crippen molar-refractivity contribution in [2.24, 2.45) is 5.41 Å². The van der Waals surface area contributed by atoms with Gasteiger partial charge in [-0.05, 0) is 6.92 Å². The molecule has 0 atom stereocenters. The molecule has 1 spiro atoms. The minimum atomic E-state index is -0.410. The van der Waals surface area contributed by atoms with E-state index in [9.17, 15) is 9.59 Å². The van der Waals surface area contributed by atoms with E-state index in [0.29, 0.717) is 19.6 Å². The molecule has 15 heavy (non-hydrogen) atoms. The standard InChI is InChI=1S/C10H16N2O3/c1-3-11(2)8(13)9(14)12-4-10(5-12)6-15-7-10/h3-7H2,1-2H3. The van der Waals surface area contributed by atoms with E-state index in [-0.39, 0.29) is 11.3 Å². The van der Waals surface area contributed by atoms with Crippen molar-refractivity contribution in [3.8, 4) is 0 Å². The van der Waals surface area contributed by atoms with Gasteiger partial charge in [-0.2, -0.15) is 0 Å². The minimum Gasteiger partial charge on any atom is -0.380 e. The minimum absolute atomic E-state index is 0.181. The van der Waals surface area contributed by atoms with Crippen LogP contribution < -0.4 is 0 Å². The molecule has 2 saturated heterocycles. The van der Waals surface area contributed by atoms with E-state index in [2.05, 4.69) is 0 Å². The Bertz CT molecular complexity index is 291. The first-order valence-corrected chi connectivity index (χ1v) is 5.20. The number of nitrogens with zero attached hydrogens (tertiary/aromatic N) is 2. The van der Waals surface area contributed by atoms with Crippen LogP contribution in [0.1, 0.15) is 6.92 Å². The van der Waals surface area contributed by atoms with E-state index >= 15 is 0 Å². The third kappa shape index (κ3) is 1.61. The van der Waals surface area contributed by atoms with Crippen LogP contribution in [0.4, 0.5) is 0 Å². The summed E-state index contributed by atoms with van der Waals surface area (Å²) in [6.45, 7) is 5.22. The van der Waals surface area contributed by atoms with E-state index < -0.39 is 5.91 Å². The molecule has 0 aromatic carbocycles. The molecule has 0 aromatic rings. The molecule has 0 radical (unpaired) electrons. The largest absolute Gasteiger partial charge is 0.380 e. The number of hydrogen-bond donors (Lipinski definition) is 0. The molecule has 2 fully saturated rings. The normalized spacial score (nSPS) is 21.9. The van der Waals surface area contributed by atoms with Crippen molar-refractivity contribution in [1.82, 2.24) is 9.80 Å². The van der Waals surface area contributed by atoms with E-state index in [1.54, 1.807) is 11.9 Å². The number of likely N-dealkylation sites (N-methyl/N-ethyl adjacent to an activating group) is 1. The maximum atomic E-state index is 11.6. The van der Waals surface area contributed by atoms with Crippen LogP contribution in [0.15, 0.2) is 0 Å². The lowest BCUT2D eigenvalue weighted by Crippen LogP contribution is -2.68. The number of amides is 2. The second-order valence-electron chi connectivity index (χ2n) is 4.47.